The van der Waals surface area contributed by atoms with Crippen LogP contribution >= 0.6 is 7.75 Å². The number of aliphatic hydroxyl groups excluding tert-OH is 1. The zero-order chi connectivity index (χ0) is 36.2. The van der Waals surface area contributed by atoms with Gasteiger partial charge in [0.15, 0.2) is 18.0 Å². The van der Waals surface area contributed by atoms with Crippen LogP contribution in [0.1, 0.15) is 47.7 Å². The number of aromatic nitrogens is 2. The Hall–Kier alpha value is -3.91. The Labute approximate surface area is 288 Å². The first-order valence-corrected chi connectivity index (χ1v) is 18.8. The zero-order valence-electron chi connectivity index (χ0n) is 27.8. The minimum Gasteiger partial charge on any atom is -0.459 e. The molecule has 0 radical (unpaired) electrons. The van der Waals surface area contributed by atoms with Gasteiger partial charge >= 0.3 is 13.7 Å². The molecule has 1 fully saturated rings. The molecule has 0 bridgehead atoms. The number of esters is 1. The Kier molecular flexibility index (Phi) is 9.57. The summed E-state index contributed by atoms with van der Waals surface area (Å²) in [7, 11) is -5.02. The number of carbonyl (C=O) groups is 1. The van der Waals surface area contributed by atoms with E-state index < -0.39 is 66.6 Å². The number of benzene rings is 2. The van der Waals surface area contributed by atoms with E-state index in [4.69, 9.17) is 24.3 Å². The molecule has 20 heteroatoms. The number of hydrogen-bond acceptors (Lipinski definition) is 15. The average Bonchev–Trinajstić information content (AvgIpc) is 3.54. The second-order valence-electron chi connectivity index (χ2n) is 12.6. The summed E-state index contributed by atoms with van der Waals surface area (Å²) in [5.74, 6) is -0.368. The molecule has 50 heavy (non-hydrogen) atoms. The van der Waals surface area contributed by atoms with Gasteiger partial charge in [0, 0.05) is 14.1 Å². The fourth-order valence-electron chi connectivity index (χ4n) is 6.05. The van der Waals surface area contributed by atoms with Crippen LogP contribution in [-0.2, 0) is 40.0 Å². The molecule has 2 aromatic carbocycles. The van der Waals surface area contributed by atoms with E-state index in [9.17, 15) is 28.0 Å². The smallest absolute Gasteiger partial charge is 0.459 e. The molecule has 6 N–H and O–H groups in total. The maximum atomic E-state index is 14.4. The number of aliphatic hydroxyl groups is 2. The van der Waals surface area contributed by atoms with Crippen molar-refractivity contribution in [3.8, 4) is 5.75 Å². The van der Waals surface area contributed by atoms with Gasteiger partial charge in [-0.2, -0.15) is 10.1 Å². The highest BCUT2D eigenvalue weighted by Gasteiger charge is 2.55. The highest BCUT2D eigenvalue weighted by atomic mass is 32.2. The molecule has 6 rings (SSSR count). The summed E-state index contributed by atoms with van der Waals surface area (Å²) in [5.41, 5.74) is 6.64. The van der Waals surface area contributed by atoms with Crippen molar-refractivity contribution >= 4 is 35.5 Å². The number of imidazole rings is 1. The molecule has 3 aliphatic heterocycles. The van der Waals surface area contributed by atoms with Gasteiger partial charge in [-0.15, -0.1) is 4.83 Å². The second kappa shape index (κ2) is 13.3. The summed E-state index contributed by atoms with van der Waals surface area (Å²) in [6.07, 6.45) is -2.74. The molecule has 0 aliphatic carbocycles. The van der Waals surface area contributed by atoms with Gasteiger partial charge in [0.05, 0.1) is 19.2 Å². The third-order valence-electron chi connectivity index (χ3n) is 8.59. The topological polar surface area (TPSA) is 232 Å². The molecule has 1 saturated heterocycles. The third kappa shape index (κ3) is 7.01. The lowest BCUT2D eigenvalue weighted by Gasteiger charge is -2.37. The molecule has 7 atom stereocenters. The Bertz CT molecular complexity index is 1960. The number of nitrogens with one attached hydrogen (secondary N) is 2. The molecule has 270 valence electrons. The van der Waals surface area contributed by atoms with Crippen LogP contribution in [0.2, 0.25) is 0 Å². The van der Waals surface area contributed by atoms with Crippen molar-refractivity contribution in [3.63, 3.8) is 0 Å². The van der Waals surface area contributed by atoms with Crippen molar-refractivity contribution in [2.75, 3.05) is 27.0 Å². The number of ether oxygens (including phenoxy) is 2. The summed E-state index contributed by atoms with van der Waals surface area (Å²) in [6, 6.07) is 12.5. The maximum Gasteiger partial charge on any atom is 0.459 e. The SMILES string of the molecule is Cc1ccc(OP(=O)(NC2C(=O)OCc3ccccc32)OCC2OC(n3cnc4c3N=C(N)N(C)C4N(C)NS(C)(=O)=O)[C@](C)(O)[C@@H]2O)cc1. The zero-order valence-corrected chi connectivity index (χ0v) is 29.5. The molecular formula is C30H39N8O10PS. The number of fused-ring (bicyclic) bond motifs is 2. The fourth-order valence-corrected chi connectivity index (χ4v) is 8.16. The number of aryl methyl sites for hydroxylation is 1. The normalized spacial score (nSPS) is 27.7. The van der Waals surface area contributed by atoms with E-state index in [1.54, 1.807) is 55.6 Å². The van der Waals surface area contributed by atoms with Crippen LogP contribution in [0.4, 0.5) is 5.82 Å². The van der Waals surface area contributed by atoms with Gasteiger partial charge in [-0.05, 0) is 37.1 Å². The van der Waals surface area contributed by atoms with Crippen LogP contribution in [-0.4, -0.2) is 94.8 Å². The summed E-state index contributed by atoms with van der Waals surface area (Å²) in [6.45, 7) is 2.68. The highest BCUT2D eigenvalue weighted by Crippen LogP contribution is 2.50. The first-order valence-electron chi connectivity index (χ1n) is 15.4. The molecule has 3 aromatic rings. The monoisotopic (exact) mass is 734 g/mol. The number of sulfonamides is 1. The van der Waals surface area contributed by atoms with Gasteiger partial charge < -0.3 is 34.8 Å². The van der Waals surface area contributed by atoms with Crippen molar-refractivity contribution in [1.82, 2.24) is 29.4 Å². The van der Waals surface area contributed by atoms with E-state index in [0.29, 0.717) is 11.1 Å². The van der Waals surface area contributed by atoms with Gasteiger partial charge in [0.2, 0.25) is 10.0 Å². The summed E-state index contributed by atoms with van der Waals surface area (Å²) in [5, 5.41) is 26.9. The van der Waals surface area contributed by atoms with Crippen LogP contribution < -0.4 is 20.2 Å². The van der Waals surface area contributed by atoms with E-state index in [1.165, 1.54) is 34.8 Å². The molecule has 5 unspecified atom stereocenters. The molecule has 0 spiro atoms. The van der Waals surface area contributed by atoms with Gasteiger partial charge in [-0.1, -0.05) is 42.0 Å². The minimum absolute atomic E-state index is 0.00699. The fraction of sp³-hybridized carbons (Fsp3) is 0.433. The number of rotatable bonds is 11. The Morgan fingerprint density at radius 1 is 1.22 bits per heavy atom. The number of aliphatic imine (C=N–C) groups is 1. The minimum atomic E-state index is -4.44. The number of hydrazine groups is 1. The highest BCUT2D eigenvalue weighted by molar-refractivity contribution is 7.88. The average molecular weight is 735 g/mol. The number of hydrogen-bond donors (Lipinski definition) is 5. The van der Waals surface area contributed by atoms with Gasteiger partial charge in [0.25, 0.3) is 0 Å². The standard InChI is InChI=1S/C30H39N8O10PS/c1-17-10-12-19(13-11-17)48-49(42,34-22-20-9-7-6-8-18(20)14-45-27(22)40)46-15-21-24(39)30(2,41)28(47-21)38-16-32-23-25(38)33-29(31)36(3)26(23)37(4)35-50(5,43)44/h6-13,16,21-22,24,26,28,35,39,41H,14-15H2,1-5H3,(H2,31,33)(H,34,42)/t21?,22?,24-,26?,28?,30-,49?/m1/s1. The van der Waals surface area contributed by atoms with Gasteiger partial charge in [-0.3, -0.25) is 9.09 Å². The molecule has 0 amide bonds. The molecule has 4 heterocycles. The third-order valence-corrected chi connectivity index (χ3v) is 10.7. The van der Waals surface area contributed by atoms with Crippen molar-refractivity contribution in [2.45, 2.75) is 56.7 Å². The largest absolute Gasteiger partial charge is 0.459 e. The van der Waals surface area contributed by atoms with Crippen LogP contribution in [0.3, 0.4) is 0 Å². The van der Waals surface area contributed by atoms with E-state index in [1.807, 2.05) is 6.92 Å². The van der Waals surface area contributed by atoms with Crippen LogP contribution in [0.5, 0.6) is 5.75 Å². The molecule has 0 saturated carbocycles. The van der Waals surface area contributed by atoms with E-state index >= 15 is 0 Å². The van der Waals surface area contributed by atoms with Crippen molar-refractivity contribution < 1.29 is 46.5 Å². The lowest BCUT2D eigenvalue weighted by Crippen LogP contribution is -2.51. The van der Waals surface area contributed by atoms with Gasteiger partial charge in [-0.25, -0.2) is 27.8 Å². The van der Waals surface area contributed by atoms with Crippen LogP contribution in [0.15, 0.2) is 59.9 Å². The number of guanidine groups is 1. The Morgan fingerprint density at radius 3 is 2.62 bits per heavy atom. The number of nitrogens with two attached hydrogens (primary N) is 1. The van der Waals surface area contributed by atoms with Crippen molar-refractivity contribution in [2.24, 2.45) is 10.7 Å². The van der Waals surface area contributed by atoms with E-state index in [2.05, 4.69) is 19.9 Å². The predicted molar refractivity (Wildman–Crippen MR) is 178 cm³/mol. The quantitative estimate of drug-likeness (QED) is 0.105. The number of nitrogens with zero attached hydrogens (tertiary/aromatic N) is 5. The summed E-state index contributed by atoms with van der Waals surface area (Å²) in [4.78, 5) is 25.6. The predicted octanol–water partition coefficient (Wildman–Crippen LogP) is 1.08. The summed E-state index contributed by atoms with van der Waals surface area (Å²) < 4.78 is 62.9. The molecule has 18 nitrogen and oxygen atoms in total. The van der Waals surface area contributed by atoms with E-state index in [-0.39, 0.29) is 29.8 Å². The number of cyclic esters (lactones) is 1. The molecular weight excluding hydrogens is 695 g/mol. The molecule has 1 aromatic heterocycles. The second-order valence-corrected chi connectivity index (χ2v) is 16.0. The van der Waals surface area contributed by atoms with Gasteiger partial charge in [0.1, 0.15) is 48.1 Å². The first-order chi connectivity index (χ1) is 23.5. The van der Waals surface area contributed by atoms with E-state index in [0.717, 1.165) is 11.8 Å². The maximum absolute atomic E-state index is 14.4. The van der Waals surface area contributed by atoms with Crippen molar-refractivity contribution in [1.29, 1.82) is 0 Å². The van der Waals surface area contributed by atoms with Crippen molar-refractivity contribution in [3.05, 3.63) is 77.2 Å². The Morgan fingerprint density at radius 2 is 1.92 bits per heavy atom. The number of carbonyl (C=O) groups excluding carboxylic acids is 1. The summed E-state index contributed by atoms with van der Waals surface area (Å²) >= 11 is 0. The Balaban J connectivity index is 1.27. The van der Waals surface area contributed by atoms with Crippen LogP contribution in [0, 0.1) is 6.92 Å². The van der Waals surface area contributed by atoms with Crippen LogP contribution in [0.25, 0.3) is 0 Å². The lowest BCUT2D eigenvalue weighted by molar-refractivity contribution is -0.149. The lowest BCUT2D eigenvalue weighted by atomic mass is 9.96. The first kappa shape index (κ1) is 35.9. The molecule has 3 aliphatic rings.